The number of nitrogens with zero attached hydrogens (tertiary/aromatic N) is 2. The number of benzene rings is 1. The van der Waals surface area contributed by atoms with Crippen molar-refractivity contribution in [1.82, 2.24) is 15.3 Å². The Hall–Kier alpha value is -1.88. The van der Waals surface area contributed by atoms with Crippen LogP contribution in [0.2, 0.25) is 0 Å². The molecule has 0 saturated carbocycles. The smallest absolute Gasteiger partial charge is 0.220 e. The molecule has 0 saturated heterocycles. The van der Waals surface area contributed by atoms with Crippen molar-refractivity contribution in [2.24, 2.45) is 0 Å². The lowest BCUT2D eigenvalue weighted by atomic mass is 10.1. The van der Waals surface area contributed by atoms with Crippen molar-refractivity contribution < 1.29 is 4.74 Å². The SMILES string of the molecule is CNC(C)Cc1nc(N)nc2cc(OC)ccc12. The van der Waals surface area contributed by atoms with E-state index in [1.165, 1.54) is 0 Å². The van der Waals surface area contributed by atoms with E-state index >= 15 is 0 Å². The van der Waals surface area contributed by atoms with E-state index in [1.807, 2.05) is 25.2 Å². The van der Waals surface area contributed by atoms with Crippen molar-refractivity contribution >= 4 is 16.9 Å². The molecule has 0 bridgehead atoms. The number of methoxy groups -OCH3 is 1. The molecule has 1 unspecified atom stereocenters. The fraction of sp³-hybridized carbons (Fsp3) is 0.385. The lowest BCUT2D eigenvalue weighted by molar-refractivity contribution is 0.415. The van der Waals surface area contributed by atoms with Crippen LogP contribution in [-0.2, 0) is 6.42 Å². The molecule has 0 aliphatic heterocycles. The van der Waals surface area contributed by atoms with Gasteiger partial charge in [0, 0.05) is 23.9 Å². The van der Waals surface area contributed by atoms with E-state index in [0.29, 0.717) is 12.0 Å². The molecular weight excluding hydrogens is 228 g/mol. The Labute approximate surface area is 106 Å². The first-order valence-electron chi connectivity index (χ1n) is 5.91. The van der Waals surface area contributed by atoms with E-state index in [9.17, 15) is 0 Å². The van der Waals surface area contributed by atoms with E-state index in [1.54, 1.807) is 7.11 Å². The molecule has 0 amide bonds. The molecule has 18 heavy (non-hydrogen) atoms. The third kappa shape index (κ3) is 2.51. The Morgan fingerprint density at radius 2 is 2.17 bits per heavy atom. The fourth-order valence-electron chi connectivity index (χ4n) is 1.87. The molecule has 2 rings (SSSR count). The number of aromatic nitrogens is 2. The van der Waals surface area contributed by atoms with Crippen LogP contribution in [0.5, 0.6) is 5.75 Å². The van der Waals surface area contributed by atoms with Crippen molar-refractivity contribution in [2.75, 3.05) is 19.9 Å². The highest BCUT2D eigenvalue weighted by Gasteiger charge is 2.10. The van der Waals surface area contributed by atoms with Crippen LogP contribution in [0, 0.1) is 0 Å². The molecule has 0 spiro atoms. The maximum absolute atomic E-state index is 5.75. The normalized spacial score (nSPS) is 12.6. The van der Waals surface area contributed by atoms with Gasteiger partial charge in [-0.05, 0) is 26.1 Å². The van der Waals surface area contributed by atoms with Crippen LogP contribution in [0.25, 0.3) is 10.9 Å². The average molecular weight is 246 g/mol. The summed E-state index contributed by atoms with van der Waals surface area (Å²) in [4.78, 5) is 8.57. The zero-order valence-electron chi connectivity index (χ0n) is 10.9. The minimum atomic E-state index is 0.300. The van der Waals surface area contributed by atoms with Crippen LogP contribution in [0.3, 0.4) is 0 Å². The molecule has 0 radical (unpaired) electrons. The second-order valence-electron chi connectivity index (χ2n) is 4.31. The first-order valence-corrected chi connectivity index (χ1v) is 5.91. The van der Waals surface area contributed by atoms with Gasteiger partial charge in [-0.15, -0.1) is 0 Å². The molecule has 5 nitrogen and oxygen atoms in total. The summed E-state index contributed by atoms with van der Waals surface area (Å²) in [5.74, 6) is 1.07. The summed E-state index contributed by atoms with van der Waals surface area (Å²) in [6.07, 6.45) is 0.812. The van der Waals surface area contributed by atoms with Gasteiger partial charge in [-0.3, -0.25) is 0 Å². The number of nitrogens with two attached hydrogens (primary N) is 1. The van der Waals surface area contributed by atoms with E-state index < -0.39 is 0 Å². The van der Waals surface area contributed by atoms with Gasteiger partial charge in [0.05, 0.1) is 18.3 Å². The molecule has 0 aliphatic rings. The zero-order valence-corrected chi connectivity index (χ0v) is 10.9. The number of nitrogens with one attached hydrogen (secondary N) is 1. The Morgan fingerprint density at radius 1 is 1.39 bits per heavy atom. The van der Waals surface area contributed by atoms with Crippen LogP contribution in [0.1, 0.15) is 12.6 Å². The highest BCUT2D eigenvalue weighted by molar-refractivity contribution is 5.83. The first kappa shape index (κ1) is 12.6. The number of ether oxygens (including phenoxy) is 1. The maximum Gasteiger partial charge on any atom is 0.220 e. The Kier molecular flexibility index (Phi) is 3.62. The molecule has 96 valence electrons. The van der Waals surface area contributed by atoms with Crippen molar-refractivity contribution in [3.63, 3.8) is 0 Å². The number of hydrogen-bond acceptors (Lipinski definition) is 5. The summed E-state index contributed by atoms with van der Waals surface area (Å²) < 4.78 is 5.19. The second-order valence-corrected chi connectivity index (χ2v) is 4.31. The predicted molar refractivity (Wildman–Crippen MR) is 72.7 cm³/mol. The summed E-state index contributed by atoms with van der Waals surface area (Å²) in [6, 6.07) is 6.10. The van der Waals surface area contributed by atoms with Gasteiger partial charge in [-0.2, -0.15) is 0 Å². The molecule has 3 N–H and O–H groups in total. The summed E-state index contributed by atoms with van der Waals surface area (Å²) in [5.41, 5.74) is 7.53. The summed E-state index contributed by atoms with van der Waals surface area (Å²) in [6.45, 7) is 2.10. The lowest BCUT2D eigenvalue weighted by Crippen LogP contribution is -2.24. The monoisotopic (exact) mass is 246 g/mol. The minimum Gasteiger partial charge on any atom is -0.497 e. The first-order chi connectivity index (χ1) is 8.63. The standard InChI is InChI=1S/C13H18N4O/c1-8(15-2)6-11-10-5-4-9(18-3)7-12(10)17-13(14)16-11/h4-5,7-8,15H,6H2,1-3H3,(H2,14,16,17). The average Bonchev–Trinajstić information content (AvgIpc) is 2.37. The van der Waals surface area contributed by atoms with E-state index in [0.717, 1.165) is 28.8 Å². The van der Waals surface area contributed by atoms with Gasteiger partial charge in [0.15, 0.2) is 0 Å². The van der Waals surface area contributed by atoms with Crippen molar-refractivity contribution in [3.8, 4) is 5.75 Å². The molecular formula is C13H18N4O. The largest absolute Gasteiger partial charge is 0.497 e. The molecule has 2 aromatic rings. The Balaban J connectivity index is 2.51. The van der Waals surface area contributed by atoms with E-state index in [4.69, 9.17) is 10.5 Å². The van der Waals surface area contributed by atoms with Gasteiger partial charge < -0.3 is 15.8 Å². The van der Waals surface area contributed by atoms with Gasteiger partial charge in [0.1, 0.15) is 5.75 Å². The predicted octanol–water partition coefficient (Wildman–Crippen LogP) is 1.37. The zero-order chi connectivity index (χ0) is 13.1. The molecule has 1 heterocycles. The molecule has 1 atom stereocenters. The number of nitrogen functional groups attached to an aromatic ring is 1. The molecule has 0 fully saturated rings. The number of hydrogen-bond donors (Lipinski definition) is 2. The van der Waals surface area contributed by atoms with Crippen LogP contribution in [0.4, 0.5) is 5.95 Å². The number of rotatable bonds is 4. The van der Waals surface area contributed by atoms with Crippen LogP contribution in [-0.4, -0.2) is 30.2 Å². The van der Waals surface area contributed by atoms with Crippen molar-refractivity contribution in [3.05, 3.63) is 23.9 Å². The summed E-state index contributed by atoms with van der Waals surface area (Å²) in [7, 11) is 3.57. The van der Waals surface area contributed by atoms with Gasteiger partial charge in [0.2, 0.25) is 5.95 Å². The van der Waals surface area contributed by atoms with Crippen LogP contribution < -0.4 is 15.8 Å². The highest BCUT2D eigenvalue weighted by Crippen LogP contribution is 2.22. The van der Waals surface area contributed by atoms with Gasteiger partial charge in [-0.1, -0.05) is 0 Å². The number of anilines is 1. The summed E-state index contributed by atoms with van der Waals surface area (Å²) in [5, 5.41) is 4.21. The summed E-state index contributed by atoms with van der Waals surface area (Å²) >= 11 is 0. The number of fused-ring (bicyclic) bond motifs is 1. The van der Waals surface area contributed by atoms with E-state index in [-0.39, 0.29) is 0 Å². The Bertz CT molecular complexity index is 556. The highest BCUT2D eigenvalue weighted by atomic mass is 16.5. The third-order valence-electron chi connectivity index (χ3n) is 2.99. The molecule has 1 aromatic carbocycles. The lowest BCUT2D eigenvalue weighted by Gasteiger charge is -2.12. The second kappa shape index (κ2) is 5.18. The van der Waals surface area contributed by atoms with E-state index in [2.05, 4.69) is 22.2 Å². The molecule has 5 heteroatoms. The molecule has 1 aromatic heterocycles. The minimum absolute atomic E-state index is 0.300. The van der Waals surface area contributed by atoms with Gasteiger partial charge in [0.25, 0.3) is 0 Å². The van der Waals surface area contributed by atoms with Crippen LogP contribution in [0.15, 0.2) is 18.2 Å². The third-order valence-corrected chi connectivity index (χ3v) is 2.99. The van der Waals surface area contributed by atoms with Gasteiger partial charge >= 0.3 is 0 Å². The van der Waals surface area contributed by atoms with Crippen molar-refractivity contribution in [2.45, 2.75) is 19.4 Å². The quantitative estimate of drug-likeness (QED) is 0.852. The van der Waals surface area contributed by atoms with Crippen LogP contribution >= 0.6 is 0 Å². The topological polar surface area (TPSA) is 73.1 Å². The fourth-order valence-corrected chi connectivity index (χ4v) is 1.87. The molecule has 0 aliphatic carbocycles. The maximum atomic E-state index is 5.75. The Morgan fingerprint density at radius 3 is 2.83 bits per heavy atom. The van der Waals surface area contributed by atoms with Gasteiger partial charge in [-0.25, -0.2) is 9.97 Å². The van der Waals surface area contributed by atoms with Crippen molar-refractivity contribution in [1.29, 1.82) is 0 Å². The number of likely N-dealkylation sites (N-methyl/N-ethyl adjacent to an activating group) is 1.